The summed E-state index contributed by atoms with van der Waals surface area (Å²) in [5, 5.41) is 8.04. The Morgan fingerprint density at radius 2 is 1.92 bits per heavy atom. The van der Waals surface area contributed by atoms with Gasteiger partial charge in [0.1, 0.15) is 0 Å². The number of alkyl halides is 3. The largest absolute Gasteiger partial charge is 0.481 e. The minimum absolute atomic E-state index is 0.133. The van der Waals surface area contributed by atoms with E-state index in [0.717, 1.165) is 12.1 Å². The number of rotatable bonds is 6. The third-order valence-corrected chi connectivity index (χ3v) is 6.48. The number of hydrogen-bond acceptors (Lipinski definition) is 4. The van der Waals surface area contributed by atoms with E-state index < -0.39 is 49.7 Å². The van der Waals surface area contributed by atoms with Gasteiger partial charge >= 0.3 is 12.1 Å². The van der Waals surface area contributed by atoms with E-state index in [9.17, 15) is 31.5 Å². The number of ether oxygens (including phenoxy) is 1. The Labute approximate surface area is 143 Å². The van der Waals surface area contributed by atoms with Crippen molar-refractivity contribution < 1.29 is 36.2 Å². The van der Waals surface area contributed by atoms with Crippen LogP contribution in [0.3, 0.4) is 0 Å². The molecule has 0 aliphatic heterocycles. The van der Waals surface area contributed by atoms with E-state index in [-0.39, 0.29) is 19.4 Å². The summed E-state index contributed by atoms with van der Waals surface area (Å²) in [6.07, 6.45) is -5.41. The first-order valence-electron chi connectivity index (χ1n) is 7.83. The molecule has 0 radical (unpaired) electrons. The first-order valence-corrected chi connectivity index (χ1v) is 9.38. The van der Waals surface area contributed by atoms with Gasteiger partial charge in [0.25, 0.3) is 0 Å². The molecule has 0 saturated heterocycles. The zero-order valence-electron chi connectivity index (χ0n) is 13.5. The number of carbonyl (C=O) groups is 1. The molecule has 9 heteroatoms. The van der Waals surface area contributed by atoms with Crippen LogP contribution >= 0.6 is 0 Å². The zero-order valence-corrected chi connectivity index (χ0v) is 14.3. The van der Waals surface area contributed by atoms with Crippen molar-refractivity contribution in [3.63, 3.8) is 0 Å². The molecule has 1 aliphatic carbocycles. The summed E-state index contributed by atoms with van der Waals surface area (Å²) >= 11 is 0. The van der Waals surface area contributed by atoms with Crippen molar-refractivity contribution in [2.75, 3.05) is 6.61 Å². The van der Waals surface area contributed by atoms with Gasteiger partial charge in [0, 0.05) is 6.61 Å². The molecule has 0 unspecified atom stereocenters. The van der Waals surface area contributed by atoms with Gasteiger partial charge in [-0.3, -0.25) is 4.79 Å². The van der Waals surface area contributed by atoms with Gasteiger partial charge in [-0.25, -0.2) is 8.42 Å². The Bertz CT molecular complexity index is 730. The smallest absolute Gasteiger partial charge is 0.417 e. The van der Waals surface area contributed by atoms with Gasteiger partial charge in [0.2, 0.25) is 0 Å². The highest BCUT2D eigenvalue weighted by Gasteiger charge is 2.47. The fourth-order valence-corrected chi connectivity index (χ4v) is 5.07. The summed E-state index contributed by atoms with van der Waals surface area (Å²) in [4.78, 5) is 10.5. The van der Waals surface area contributed by atoms with Crippen LogP contribution in [0.5, 0.6) is 0 Å². The molecule has 1 aromatic rings. The van der Waals surface area contributed by atoms with Gasteiger partial charge in [-0.15, -0.1) is 0 Å². The van der Waals surface area contributed by atoms with Crippen LogP contribution in [0.15, 0.2) is 29.2 Å². The van der Waals surface area contributed by atoms with Gasteiger partial charge in [-0.1, -0.05) is 19.1 Å². The topological polar surface area (TPSA) is 80.7 Å². The van der Waals surface area contributed by atoms with E-state index >= 15 is 0 Å². The second-order valence-corrected chi connectivity index (χ2v) is 8.18. The van der Waals surface area contributed by atoms with E-state index in [1.165, 1.54) is 6.07 Å². The molecule has 1 aliphatic rings. The molecule has 1 saturated carbocycles. The Kier molecular flexibility index (Phi) is 5.78. The van der Waals surface area contributed by atoms with Gasteiger partial charge in [0.15, 0.2) is 9.84 Å². The summed E-state index contributed by atoms with van der Waals surface area (Å²) in [7, 11) is -4.34. The van der Waals surface area contributed by atoms with Gasteiger partial charge in [-0.05, 0) is 31.4 Å². The van der Waals surface area contributed by atoms with Crippen LogP contribution < -0.4 is 0 Å². The maximum Gasteiger partial charge on any atom is 0.417 e. The molecule has 1 aromatic carbocycles. The van der Waals surface area contributed by atoms with Crippen molar-refractivity contribution in [2.45, 2.75) is 48.6 Å². The lowest BCUT2D eigenvalue weighted by Gasteiger charge is -2.17. The predicted molar refractivity (Wildman–Crippen MR) is 82.8 cm³/mol. The summed E-state index contributed by atoms with van der Waals surface area (Å²) in [5.41, 5.74) is -1.24. The Balaban J connectivity index is 2.37. The Morgan fingerprint density at radius 3 is 2.48 bits per heavy atom. The normalized spacial score (nSPS) is 24.4. The fourth-order valence-electron chi connectivity index (χ4n) is 3.05. The third kappa shape index (κ3) is 4.14. The second-order valence-electron chi connectivity index (χ2n) is 5.99. The maximum absolute atomic E-state index is 13.1. The highest BCUT2D eigenvalue weighted by Crippen LogP contribution is 2.40. The minimum Gasteiger partial charge on any atom is -0.481 e. The van der Waals surface area contributed by atoms with Crippen molar-refractivity contribution in [1.82, 2.24) is 0 Å². The van der Waals surface area contributed by atoms with Crippen molar-refractivity contribution in [3.05, 3.63) is 29.8 Å². The second kappa shape index (κ2) is 7.33. The molecular formula is C16H19F3O5S. The zero-order chi connectivity index (χ0) is 18.8. The molecular weight excluding hydrogens is 361 g/mol. The van der Waals surface area contributed by atoms with Gasteiger partial charge in [-0.2, -0.15) is 13.2 Å². The molecule has 140 valence electrons. The third-order valence-electron chi connectivity index (χ3n) is 4.25. The molecule has 1 N–H and O–H groups in total. The maximum atomic E-state index is 13.1. The summed E-state index contributed by atoms with van der Waals surface area (Å²) in [6.45, 7) is 2.08. The Hall–Kier alpha value is -1.61. The Morgan fingerprint density at radius 1 is 1.28 bits per heavy atom. The van der Waals surface area contributed by atoms with Gasteiger partial charge in [0.05, 0.1) is 27.7 Å². The van der Waals surface area contributed by atoms with Crippen LogP contribution in [0.1, 0.15) is 31.7 Å². The molecule has 0 bridgehead atoms. The number of carboxylic acid groups (broad SMARTS) is 1. The van der Waals surface area contributed by atoms with E-state index in [1.54, 1.807) is 0 Å². The van der Waals surface area contributed by atoms with E-state index in [2.05, 4.69) is 0 Å². The molecule has 0 aromatic heterocycles. The van der Waals surface area contributed by atoms with Crippen molar-refractivity contribution in [2.24, 2.45) is 5.92 Å². The fraction of sp³-hybridized carbons (Fsp3) is 0.562. The molecule has 0 amide bonds. The quantitative estimate of drug-likeness (QED) is 0.820. The number of carboxylic acids is 1. The number of halogens is 3. The number of hydrogen-bond donors (Lipinski definition) is 1. The molecule has 1 fully saturated rings. The number of benzene rings is 1. The molecule has 2 rings (SSSR count). The van der Waals surface area contributed by atoms with Crippen LogP contribution in [-0.4, -0.2) is 37.5 Å². The lowest BCUT2D eigenvalue weighted by molar-refractivity contribution is -0.146. The van der Waals surface area contributed by atoms with Crippen LogP contribution in [0, 0.1) is 5.92 Å². The first kappa shape index (κ1) is 19.7. The monoisotopic (exact) mass is 380 g/mol. The standard InChI is InChI=1S/C16H19F3O5S/c1-2-7-24-13-9-10(8-11(13)15(20)21)25(22,23)14-6-4-3-5-12(14)16(17,18)19/h3-6,10-11,13H,2,7-9H2,1H3,(H,20,21)/t10-,11-,13-/m1/s1. The molecule has 0 spiro atoms. The highest BCUT2D eigenvalue weighted by molar-refractivity contribution is 7.92. The van der Waals surface area contributed by atoms with E-state index in [4.69, 9.17) is 4.74 Å². The lowest BCUT2D eigenvalue weighted by Crippen LogP contribution is -2.25. The van der Waals surface area contributed by atoms with Crippen molar-refractivity contribution in [3.8, 4) is 0 Å². The first-order chi connectivity index (χ1) is 11.6. The van der Waals surface area contributed by atoms with Crippen LogP contribution in [0.25, 0.3) is 0 Å². The average Bonchev–Trinajstić information content (AvgIpc) is 2.97. The number of sulfone groups is 1. The summed E-state index contributed by atoms with van der Waals surface area (Å²) < 4.78 is 70.3. The highest BCUT2D eigenvalue weighted by atomic mass is 32.2. The molecule has 0 heterocycles. The van der Waals surface area contributed by atoms with E-state index in [0.29, 0.717) is 12.5 Å². The van der Waals surface area contributed by atoms with E-state index in [1.807, 2.05) is 6.92 Å². The molecule has 5 nitrogen and oxygen atoms in total. The summed E-state index contributed by atoms with van der Waals surface area (Å²) in [5.74, 6) is -2.26. The molecule has 25 heavy (non-hydrogen) atoms. The average molecular weight is 380 g/mol. The van der Waals surface area contributed by atoms with Crippen LogP contribution in [-0.2, 0) is 25.5 Å². The van der Waals surface area contributed by atoms with Gasteiger partial charge < -0.3 is 9.84 Å². The number of aliphatic carboxylic acids is 1. The van der Waals surface area contributed by atoms with Crippen LogP contribution in [0.4, 0.5) is 13.2 Å². The molecule has 3 atom stereocenters. The summed E-state index contributed by atoms with van der Waals surface area (Å²) in [6, 6.07) is 3.95. The SMILES string of the molecule is CCCO[C@@H]1C[C@H](S(=O)(=O)c2ccccc2C(F)(F)F)C[C@H]1C(=O)O. The predicted octanol–water partition coefficient (Wildman–Crippen LogP) is 3.14. The van der Waals surface area contributed by atoms with Crippen molar-refractivity contribution >= 4 is 15.8 Å². The van der Waals surface area contributed by atoms with Crippen molar-refractivity contribution in [1.29, 1.82) is 0 Å². The minimum atomic E-state index is -4.81. The van der Waals surface area contributed by atoms with Crippen LogP contribution in [0.2, 0.25) is 0 Å². The lowest BCUT2D eigenvalue weighted by atomic mass is 10.1.